The van der Waals surface area contributed by atoms with Gasteiger partial charge in [-0.25, -0.2) is 4.79 Å². The molecule has 0 bridgehead atoms. The summed E-state index contributed by atoms with van der Waals surface area (Å²) in [6.45, 7) is 1.74. The van der Waals surface area contributed by atoms with Crippen molar-refractivity contribution in [2.75, 3.05) is 17.7 Å². The van der Waals surface area contributed by atoms with Gasteiger partial charge < -0.3 is 15.8 Å². The Morgan fingerprint density at radius 2 is 1.96 bits per heavy atom. The molecule has 0 fully saturated rings. The van der Waals surface area contributed by atoms with Crippen molar-refractivity contribution in [3.8, 4) is 0 Å². The Labute approximate surface area is 155 Å². The molecule has 0 aliphatic carbocycles. The van der Waals surface area contributed by atoms with E-state index in [-0.39, 0.29) is 23.6 Å². The minimum Gasteiger partial charge on any atom is -0.462 e. The topological polar surface area (TPSA) is 124 Å². The lowest BCUT2D eigenvalue weighted by Gasteiger charge is -2.13. The molecule has 0 aliphatic rings. The summed E-state index contributed by atoms with van der Waals surface area (Å²) in [5, 5.41) is 13.3. The number of benzene rings is 1. The minimum absolute atomic E-state index is 0.0181. The molecule has 9 nitrogen and oxygen atoms in total. The molecular formula is C16H13F3N6O3. The van der Waals surface area contributed by atoms with E-state index in [0.29, 0.717) is 0 Å². The number of carbonyl (C=O) groups is 2. The molecule has 0 aliphatic heterocycles. The first-order valence-corrected chi connectivity index (χ1v) is 7.88. The quantitative estimate of drug-likeness (QED) is 0.650. The number of fused-ring (bicyclic) bond motifs is 1. The van der Waals surface area contributed by atoms with Crippen molar-refractivity contribution in [1.82, 2.24) is 19.8 Å². The highest BCUT2D eigenvalue weighted by molar-refractivity contribution is 6.06. The second-order valence-electron chi connectivity index (χ2n) is 5.45. The Balaban J connectivity index is 1.96. The second kappa shape index (κ2) is 7.13. The molecule has 1 amide bonds. The van der Waals surface area contributed by atoms with Crippen LogP contribution < -0.4 is 11.1 Å². The molecule has 2 aromatic heterocycles. The van der Waals surface area contributed by atoms with E-state index in [9.17, 15) is 22.8 Å². The Bertz CT molecular complexity index is 1060. The lowest BCUT2D eigenvalue weighted by atomic mass is 10.1. The summed E-state index contributed by atoms with van der Waals surface area (Å²) in [6, 6.07) is 4.45. The van der Waals surface area contributed by atoms with Crippen LogP contribution in [0.5, 0.6) is 0 Å². The van der Waals surface area contributed by atoms with Crippen LogP contribution in [0, 0.1) is 0 Å². The molecule has 3 aromatic rings. The average molecular weight is 394 g/mol. The van der Waals surface area contributed by atoms with Crippen molar-refractivity contribution >= 4 is 29.0 Å². The highest BCUT2D eigenvalue weighted by Crippen LogP contribution is 2.34. The average Bonchev–Trinajstić information content (AvgIpc) is 3.07. The second-order valence-corrected chi connectivity index (χ2v) is 5.45. The monoisotopic (exact) mass is 394 g/mol. The zero-order valence-corrected chi connectivity index (χ0v) is 14.3. The van der Waals surface area contributed by atoms with Gasteiger partial charge in [0.15, 0.2) is 17.2 Å². The Hall–Kier alpha value is -3.70. The number of esters is 1. The van der Waals surface area contributed by atoms with E-state index in [2.05, 4.69) is 20.6 Å². The maximum Gasteiger partial charge on any atom is 0.418 e. The number of hydrogen-bond donors (Lipinski definition) is 2. The van der Waals surface area contributed by atoms with Gasteiger partial charge >= 0.3 is 12.1 Å². The summed E-state index contributed by atoms with van der Waals surface area (Å²) in [7, 11) is 0. The molecule has 12 heteroatoms. The number of anilines is 2. The summed E-state index contributed by atoms with van der Waals surface area (Å²) in [6.07, 6.45) is -3.53. The first-order valence-electron chi connectivity index (χ1n) is 7.88. The fourth-order valence-corrected chi connectivity index (χ4v) is 2.40. The SMILES string of the molecule is CCOC(=O)c1cnn2c(N)c(C(=O)Nc3ccccc3C(F)(F)F)nnc12. The molecule has 2 heterocycles. The number of halogens is 3. The molecule has 3 N–H and O–H groups in total. The standard InChI is InChI=1S/C16H13F3N6O3/c1-2-28-15(27)8-7-21-25-12(20)11(23-24-13(8)25)14(26)22-10-6-4-3-5-9(10)16(17,18)19/h3-7H,2,20H2,1H3,(H,22,26). The molecule has 3 rings (SSSR count). The van der Waals surface area contributed by atoms with Crippen LogP contribution in [0.15, 0.2) is 30.5 Å². The maximum absolute atomic E-state index is 13.1. The number of carbonyl (C=O) groups excluding carboxylic acids is 2. The first kappa shape index (κ1) is 19.1. The fourth-order valence-electron chi connectivity index (χ4n) is 2.40. The van der Waals surface area contributed by atoms with Crippen molar-refractivity contribution in [2.24, 2.45) is 0 Å². The van der Waals surface area contributed by atoms with Crippen molar-refractivity contribution in [1.29, 1.82) is 0 Å². The van der Waals surface area contributed by atoms with Crippen LogP contribution in [0.3, 0.4) is 0 Å². The Morgan fingerprint density at radius 3 is 2.64 bits per heavy atom. The Kier molecular flexibility index (Phi) is 4.86. The van der Waals surface area contributed by atoms with Crippen molar-refractivity contribution in [2.45, 2.75) is 13.1 Å². The van der Waals surface area contributed by atoms with Crippen molar-refractivity contribution < 1.29 is 27.5 Å². The minimum atomic E-state index is -4.67. The molecule has 28 heavy (non-hydrogen) atoms. The number of rotatable bonds is 4. The number of para-hydroxylation sites is 1. The van der Waals surface area contributed by atoms with E-state index in [1.54, 1.807) is 6.92 Å². The third kappa shape index (κ3) is 3.43. The van der Waals surface area contributed by atoms with E-state index in [0.717, 1.165) is 22.8 Å². The molecule has 146 valence electrons. The summed E-state index contributed by atoms with van der Waals surface area (Å²) >= 11 is 0. The van der Waals surface area contributed by atoms with Crippen LogP contribution in [0.4, 0.5) is 24.7 Å². The van der Waals surface area contributed by atoms with E-state index in [1.165, 1.54) is 12.1 Å². The van der Waals surface area contributed by atoms with Gasteiger partial charge in [0.05, 0.1) is 24.1 Å². The first-order chi connectivity index (χ1) is 13.2. The van der Waals surface area contributed by atoms with Gasteiger partial charge in [-0.1, -0.05) is 12.1 Å². The normalized spacial score (nSPS) is 11.4. The number of hydrogen-bond acceptors (Lipinski definition) is 7. The summed E-state index contributed by atoms with van der Waals surface area (Å²) in [5.41, 5.74) is 3.83. The molecular weight excluding hydrogens is 381 g/mol. The summed E-state index contributed by atoms with van der Waals surface area (Å²) < 4.78 is 45.0. The number of nitrogen functional groups attached to an aromatic ring is 1. The number of amides is 1. The summed E-state index contributed by atoms with van der Waals surface area (Å²) in [4.78, 5) is 24.3. The molecule has 0 saturated heterocycles. The maximum atomic E-state index is 13.1. The number of aromatic nitrogens is 4. The van der Waals surface area contributed by atoms with Gasteiger partial charge in [-0.15, -0.1) is 10.2 Å². The molecule has 0 radical (unpaired) electrons. The van der Waals surface area contributed by atoms with Gasteiger partial charge in [-0.2, -0.15) is 22.8 Å². The van der Waals surface area contributed by atoms with Gasteiger partial charge in [-0.3, -0.25) is 4.79 Å². The molecule has 0 unspecified atom stereocenters. The van der Waals surface area contributed by atoms with Crippen LogP contribution in [0.1, 0.15) is 33.3 Å². The molecule has 1 aromatic carbocycles. The van der Waals surface area contributed by atoms with E-state index in [1.807, 2.05) is 0 Å². The number of ether oxygens (including phenoxy) is 1. The van der Waals surface area contributed by atoms with E-state index >= 15 is 0 Å². The Morgan fingerprint density at radius 1 is 1.25 bits per heavy atom. The van der Waals surface area contributed by atoms with Crippen LogP contribution in [-0.4, -0.2) is 38.3 Å². The van der Waals surface area contributed by atoms with Gasteiger partial charge in [0.1, 0.15) is 5.56 Å². The predicted octanol–water partition coefficient (Wildman–Crippen LogP) is 2.15. The van der Waals surface area contributed by atoms with Crippen LogP contribution in [-0.2, 0) is 10.9 Å². The van der Waals surface area contributed by atoms with Crippen molar-refractivity contribution in [3.63, 3.8) is 0 Å². The zero-order valence-electron chi connectivity index (χ0n) is 14.3. The van der Waals surface area contributed by atoms with Gasteiger partial charge in [0.2, 0.25) is 0 Å². The van der Waals surface area contributed by atoms with Crippen LogP contribution in [0.2, 0.25) is 0 Å². The third-order valence-electron chi connectivity index (χ3n) is 3.65. The van der Waals surface area contributed by atoms with E-state index in [4.69, 9.17) is 10.5 Å². The number of nitrogens with zero attached hydrogens (tertiary/aromatic N) is 4. The fraction of sp³-hybridized carbons (Fsp3) is 0.188. The lowest BCUT2D eigenvalue weighted by molar-refractivity contribution is -0.136. The predicted molar refractivity (Wildman–Crippen MR) is 90.5 cm³/mol. The van der Waals surface area contributed by atoms with Gasteiger partial charge in [-0.05, 0) is 19.1 Å². The third-order valence-corrected chi connectivity index (χ3v) is 3.65. The zero-order chi connectivity index (χ0) is 20.5. The van der Waals surface area contributed by atoms with Crippen molar-refractivity contribution in [3.05, 3.63) is 47.3 Å². The van der Waals surface area contributed by atoms with Gasteiger partial charge in [0, 0.05) is 0 Å². The van der Waals surface area contributed by atoms with E-state index < -0.39 is 35.0 Å². The highest BCUT2D eigenvalue weighted by atomic mass is 19.4. The number of nitrogens with two attached hydrogens (primary N) is 1. The van der Waals surface area contributed by atoms with Gasteiger partial charge in [0.25, 0.3) is 5.91 Å². The number of alkyl halides is 3. The smallest absolute Gasteiger partial charge is 0.418 e. The number of nitrogens with one attached hydrogen (secondary N) is 1. The highest BCUT2D eigenvalue weighted by Gasteiger charge is 2.34. The molecule has 0 saturated carbocycles. The molecule has 0 spiro atoms. The lowest BCUT2D eigenvalue weighted by Crippen LogP contribution is -2.21. The summed E-state index contributed by atoms with van der Waals surface area (Å²) in [5.74, 6) is -2.03. The largest absolute Gasteiger partial charge is 0.462 e. The molecule has 0 atom stereocenters. The van der Waals surface area contributed by atoms with Crippen LogP contribution >= 0.6 is 0 Å². The van der Waals surface area contributed by atoms with Crippen LogP contribution in [0.25, 0.3) is 5.65 Å².